The highest BCUT2D eigenvalue weighted by molar-refractivity contribution is 7.16. The molecule has 135 valence electrons. The van der Waals surface area contributed by atoms with E-state index >= 15 is 0 Å². The van der Waals surface area contributed by atoms with Gasteiger partial charge in [-0.2, -0.15) is 0 Å². The number of hydrogen-bond acceptors (Lipinski definition) is 4. The van der Waals surface area contributed by atoms with Gasteiger partial charge in [-0.05, 0) is 29.8 Å². The highest BCUT2D eigenvalue weighted by Crippen LogP contribution is 2.37. The number of rotatable bonds is 3. The molecule has 2 heterocycles. The number of piperazine rings is 1. The number of fused-ring (bicyclic) bond motifs is 1. The molecule has 0 aliphatic carbocycles. The van der Waals surface area contributed by atoms with Crippen LogP contribution in [0.3, 0.4) is 0 Å². The van der Waals surface area contributed by atoms with Crippen molar-refractivity contribution in [3.05, 3.63) is 50.4 Å². The highest BCUT2D eigenvalue weighted by atomic mass is 35.5. The van der Waals surface area contributed by atoms with E-state index in [4.69, 9.17) is 34.8 Å². The summed E-state index contributed by atoms with van der Waals surface area (Å²) in [6.45, 7) is 3.99. The van der Waals surface area contributed by atoms with Gasteiger partial charge in [0.2, 0.25) is 5.75 Å². The van der Waals surface area contributed by atoms with E-state index in [0.29, 0.717) is 15.1 Å². The molecule has 0 bridgehead atoms. The van der Waals surface area contributed by atoms with Gasteiger partial charge in [0.15, 0.2) is 0 Å². The van der Waals surface area contributed by atoms with Crippen molar-refractivity contribution in [2.45, 2.75) is 6.54 Å². The number of anilines is 1. The first kappa shape index (κ1) is 18.1. The molecule has 0 amide bonds. The monoisotopic (exact) mass is 426 g/mol. The van der Waals surface area contributed by atoms with Crippen LogP contribution in [0.25, 0.3) is 10.2 Å². The van der Waals surface area contributed by atoms with E-state index in [1.807, 2.05) is 18.2 Å². The number of benzene rings is 2. The molecule has 1 aliphatic heterocycles. The van der Waals surface area contributed by atoms with E-state index in [1.165, 1.54) is 0 Å². The molecule has 1 radical (unpaired) electrons. The van der Waals surface area contributed by atoms with E-state index in [2.05, 4.69) is 14.8 Å². The Morgan fingerprint density at radius 3 is 2.42 bits per heavy atom. The summed E-state index contributed by atoms with van der Waals surface area (Å²) in [5, 5.41) is 13.7. The summed E-state index contributed by atoms with van der Waals surface area (Å²) >= 11 is 19.8. The molecule has 0 N–H and O–H groups in total. The SMILES string of the molecule is [O]c1ccc2scnc2c1N1CCN(Cc2cc(Cl)c(Cl)c(Cl)c2)CC1. The number of hydrogen-bond donors (Lipinski definition) is 0. The lowest BCUT2D eigenvalue weighted by atomic mass is 10.1. The largest absolute Gasteiger partial charge is 0.364 e. The Morgan fingerprint density at radius 1 is 1.04 bits per heavy atom. The average molecular weight is 428 g/mol. The number of halogens is 3. The van der Waals surface area contributed by atoms with Crippen LogP contribution in [0.5, 0.6) is 5.75 Å². The smallest absolute Gasteiger partial charge is 0.204 e. The molecule has 0 atom stereocenters. The van der Waals surface area contributed by atoms with Crippen LogP contribution in [0, 0.1) is 0 Å². The third-order valence-electron chi connectivity index (χ3n) is 4.58. The van der Waals surface area contributed by atoms with Crippen LogP contribution in [-0.2, 0) is 11.7 Å². The van der Waals surface area contributed by atoms with Crippen LogP contribution in [0.4, 0.5) is 5.69 Å². The summed E-state index contributed by atoms with van der Waals surface area (Å²) in [4.78, 5) is 8.85. The molecule has 3 aromatic rings. The second kappa shape index (κ2) is 7.41. The van der Waals surface area contributed by atoms with Crippen molar-refractivity contribution in [2.75, 3.05) is 31.1 Å². The lowest BCUT2D eigenvalue weighted by Gasteiger charge is -2.36. The Bertz CT molecular complexity index is 931. The Balaban J connectivity index is 1.47. The lowest BCUT2D eigenvalue weighted by molar-refractivity contribution is 0.248. The van der Waals surface area contributed by atoms with Crippen molar-refractivity contribution in [3.63, 3.8) is 0 Å². The normalized spacial score (nSPS) is 15.7. The number of thiazole rings is 1. The van der Waals surface area contributed by atoms with Gasteiger partial charge in [0.05, 0.1) is 25.3 Å². The van der Waals surface area contributed by atoms with E-state index in [9.17, 15) is 5.11 Å². The highest BCUT2D eigenvalue weighted by Gasteiger charge is 2.23. The molecule has 0 spiro atoms. The Morgan fingerprint density at radius 2 is 1.73 bits per heavy atom. The minimum atomic E-state index is 0.0353. The van der Waals surface area contributed by atoms with Crippen LogP contribution in [-0.4, -0.2) is 36.1 Å². The van der Waals surface area contributed by atoms with Gasteiger partial charge in [-0.1, -0.05) is 34.8 Å². The molecule has 1 aliphatic rings. The van der Waals surface area contributed by atoms with Gasteiger partial charge in [0.25, 0.3) is 0 Å². The first-order valence-corrected chi connectivity index (χ1v) is 10.2. The number of aromatic nitrogens is 1. The maximum Gasteiger partial charge on any atom is 0.204 e. The predicted molar refractivity (Wildman–Crippen MR) is 109 cm³/mol. The van der Waals surface area contributed by atoms with E-state index in [1.54, 1.807) is 22.9 Å². The van der Waals surface area contributed by atoms with E-state index in [-0.39, 0.29) is 5.75 Å². The van der Waals surface area contributed by atoms with Crippen molar-refractivity contribution in [2.24, 2.45) is 0 Å². The second-order valence-electron chi connectivity index (χ2n) is 6.25. The minimum absolute atomic E-state index is 0.0353. The summed E-state index contributed by atoms with van der Waals surface area (Å²) in [5.74, 6) is 0.0353. The third kappa shape index (κ3) is 3.47. The van der Waals surface area contributed by atoms with E-state index in [0.717, 1.165) is 54.2 Å². The van der Waals surface area contributed by atoms with Gasteiger partial charge < -0.3 is 4.90 Å². The van der Waals surface area contributed by atoms with Crippen LogP contribution in [0.15, 0.2) is 29.8 Å². The number of nitrogens with zero attached hydrogens (tertiary/aromatic N) is 3. The van der Waals surface area contributed by atoms with Crippen molar-refractivity contribution in [1.29, 1.82) is 0 Å². The van der Waals surface area contributed by atoms with Crippen LogP contribution in [0.2, 0.25) is 15.1 Å². The molecule has 0 saturated carbocycles. The van der Waals surface area contributed by atoms with Crippen LogP contribution < -0.4 is 4.90 Å². The molecular weight excluding hydrogens is 413 g/mol. The zero-order chi connectivity index (χ0) is 18.3. The summed E-state index contributed by atoms with van der Waals surface area (Å²) in [6.07, 6.45) is 0. The molecule has 1 fully saturated rings. The zero-order valence-electron chi connectivity index (χ0n) is 13.7. The maximum absolute atomic E-state index is 12.4. The summed E-state index contributed by atoms with van der Waals surface area (Å²) in [6, 6.07) is 7.20. The van der Waals surface area contributed by atoms with Gasteiger partial charge in [0.1, 0.15) is 11.2 Å². The summed E-state index contributed by atoms with van der Waals surface area (Å²) in [7, 11) is 0. The fourth-order valence-corrected chi connectivity index (χ4v) is 4.61. The first-order chi connectivity index (χ1) is 12.5. The predicted octanol–water partition coefficient (Wildman–Crippen LogP) is 5.72. The molecule has 26 heavy (non-hydrogen) atoms. The standard InChI is InChI=1S/C18H15Cl3N3OS/c19-12-7-11(8-13(20)16(12)21)9-23-3-5-24(6-4-23)18-14(25)1-2-15-17(18)22-10-26-15/h1-2,7-8,10H,3-6,9H2. The molecule has 4 nitrogen and oxygen atoms in total. The topological polar surface area (TPSA) is 39.3 Å². The van der Waals surface area contributed by atoms with E-state index < -0.39 is 0 Å². The average Bonchev–Trinajstić information content (AvgIpc) is 3.09. The minimum Gasteiger partial charge on any atom is -0.364 e. The molecule has 4 rings (SSSR count). The Labute approximate surface area is 170 Å². The Kier molecular flexibility index (Phi) is 5.17. The van der Waals surface area contributed by atoms with Crippen molar-refractivity contribution < 1.29 is 5.11 Å². The van der Waals surface area contributed by atoms with Gasteiger partial charge in [0, 0.05) is 32.7 Å². The first-order valence-electron chi connectivity index (χ1n) is 8.17. The molecule has 1 saturated heterocycles. The van der Waals surface area contributed by atoms with Gasteiger partial charge >= 0.3 is 0 Å². The molecule has 2 aromatic carbocycles. The molecular formula is C18H15Cl3N3OS. The quantitative estimate of drug-likeness (QED) is 0.502. The van der Waals surface area contributed by atoms with Gasteiger partial charge in [-0.15, -0.1) is 11.3 Å². The van der Waals surface area contributed by atoms with Gasteiger partial charge in [-0.25, -0.2) is 4.98 Å². The van der Waals surface area contributed by atoms with Crippen molar-refractivity contribution in [3.8, 4) is 5.75 Å². The van der Waals surface area contributed by atoms with Crippen LogP contribution in [0.1, 0.15) is 5.56 Å². The third-order valence-corrected chi connectivity index (χ3v) is 6.57. The zero-order valence-corrected chi connectivity index (χ0v) is 16.8. The fraction of sp³-hybridized carbons (Fsp3) is 0.278. The molecule has 8 heteroatoms. The van der Waals surface area contributed by atoms with Crippen molar-refractivity contribution >= 4 is 62.0 Å². The maximum atomic E-state index is 12.4. The summed E-state index contributed by atoms with van der Waals surface area (Å²) < 4.78 is 1.05. The molecule has 0 unspecified atom stereocenters. The fourth-order valence-electron chi connectivity index (χ4n) is 3.29. The Hall–Kier alpha value is -1.24. The second-order valence-corrected chi connectivity index (χ2v) is 8.33. The van der Waals surface area contributed by atoms with Crippen molar-refractivity contribution in [1.82, 2.24) is 9.88 Å². The van der Waals surface area contributed by atoms with Gasteiger partial charge in [-0.3, -0.25) is 10.0 Å². The van der Waals surface area contributed by atoms with Crippen LogP contribution >= 0.6 is 46.1 Å². The molecule has 1 aromatic heterocycles. The lowest BCUT2D eigenvalue weighted by Crippen LogP contribution is -2.46. The summed E-state index contributed by atoms with van der Waals surface area (Å²) in [5.41, 5.74) is 4.36.